The summed E-state index contributed by atoms with van der Waals surface area (Å²) < 4.78 is 2.38. The van der Waals surface area contributed by atoms with Crippen molar-refractivity contribution in [3.8, 4) is 50.2 Å². The number of hydrogen-bond acceptors (Lipinski definition) is 1. The molecule has 9 aromatic carbocycles. The van der Waals surface area contributed by atoms with Crippen molar-refractivity contribution in [3.63, 3.8) is 0 Å². The summed E-state index contributed by atoms with van der Waals surface area (Å²) in [5.41, 5.74) is 22.7. The Kier molecular flexibility index (Phi) is 7.96. The molecule has 2 heteroatoms. The second-order valence-electron chi connectivity index (χ2n) is 18.2. The van der Waals surface area contributed by atoms with Gasteiger partial charge in [-0.25, -0.2) is 0 Å². The van der Waals surface area contributed by atoms with E-state index in [1.807, 2.05) is 0 Å². The van der Waals surface area contributed by atoms with E-state index in [2.05, 4.69) is 243 Å². The number of rotatable bonds is 6. The van der Waals surface area contributed by atoms with E-state index in [1.165, 1.54) is 88.6 Å². The van der Waals surface area contributed by atoms with Gasteiger partial charge in [0, 0.05) is 44.4 Å². The molecule has 0 fully saturated rings. The highest BCUT2D eigenvalue weighted by Gasteiger charge is 2.36. The monoisotopic (exact) mass is 794 g/mol. The smallest absolute Gasteiger partial charge is 0.0541 e. The van der Waals surface area contributed by atoms with Crippen LogP contribution in [0, 0.1) is 0 Å². The van der Waals surface area contributed by atoms with Crippen LogP contribution in [0.15, 0.2) is 206 Å². The molecule has 296 valence electrons. The summed E-state index contributed by atoms with van der Waals surface area (Å²) in [5, 5.41) is 2.53. The van der Waals surface area contributed by atoms with Crippen LogP contribution in [0.2, 0.25) is 0 Å². The van der Waals surface area contributed by atoms with Crippen LogP contribution in [-0.4, -0.2) is 4.57 Å². The van der Waals surface area contributed by atoms with Crippen LogP contribution >= 0.6 is 0 Å². The van der Waals surface area contributed by atoms with Crippen LogP contribution in [0.25, 0.3) is 72.0 Å². The topological polar surface area (TPSA) is 8.17 Å². The molecule has 2 aliphatic rings. The maximum Gasteiger partial charge on any atom is 0.0541 e. The zero-order valence-electron chi connectivity index (χ0n) is 35.5. The first-order valence-electron chi connectivity index (χ1n) is 21.8. The number of benzene rings is 9. The molecule has 62 heavy (non-hydrogen) atoms. The minimum absolute atomic E-state index is 0.0444. The number of para-hydroxylation sites is 2. The van der Waals surface area contributed by atoms with Gasteiger partial charge in [0.1, 0.15) is 0 Å². The normalized spacial score (nSPS) is 14.1. The van der Waals surface area contributed by atoms with Crippen molar-refractivity contribution >= 4 is 38.9 Å². The van der Waals surface area contributed by atoms with Crippen molar-refractivity contribution < 1.29 is 0 Å². The lowest BCUT2D eigenvalue weighted by atomic mass is 9.81. The SMILES string of the molecule is CC1(C)c2ccccc2-c2ccc(-c3ccc(N(c4ccc(-c5ccc6c(c5)C(C)(C)c5ccccc5-6)cc4)c4ccc(-n5c6ccccc6c6ccccc65)cc4)cc3)cc21. The Balaban J connectivity index is 0.929. The van der Waals surface area contributed by atoms with Crippen LogP contribution in [0.5, 0.6) is 0 Å². The van der Waals surface area contributed by atoms with Gasteiger partial charge in [-0.05, 0) is 140 Å². The van der Waals surface area contributed by atoms with Gasteiger partial charge in [0.2, 0.25) is 0 Å². The second-order valence-corrected chi connectivity index (χ2v) is 18.2. The van der Waals surface area contributed by atoms with Crippen LogP contribution in [0.4, 0.5) is 17.1 Å². The number of aromatic nitrogens is 1. The van der Waals surface area contributed by atoms with Crippen LogP contribution < -0.4 is 4.90 Å². The molecule has 0 atom stereocenters. The minimum atomic E-state index is -0.0444. The Morgan fingerprint density at radius 1 is 0.323 bits per heavy atom. The molecular formula is C60H46N2. The lowest BCUT2D eigenvalue weighted by Gasteiger charge is -2.26. The summed E-state index contributed by atoms with van der Waals surface area (Å²) in [6.45, 7) is 9.41. The average Bonchev–Trinajstić information content (AvgIpc) is 3.86. The fourth-order valence-corrected chi connectivity index (χ4v) is 10.8. The fourth-order valence-electron chi connectivity index (χ4n) is 10.8. The van der Waals surface area contributed by atoms with Gasteiger partial charge in [-0.2, -0.15) is 0 Å². The molecule has 1 aromatic heterocycles. The van der Waals surface area contributed by atoms with Crippen molar-refractivity contribution in [1.29, 1.82) is 0 Å². The number of anilines is 3. The summed E-state index contributed by atoms with van der Waals surface area (Å²) in [6.07, 6.45) is 0. The van der Waals surface area contributed by atoms with Gasteiger partial charge in [0.05, 0.1) is 11.0 Å². The highest BCUT2D eigenvalue weighted by Crippen LogP contribution is 2.51. The van der Waals surface area contributed by atoms with Crippen LogP contribution in [0.3, 0.4) is 0 Å². The van der Waals surface area contributed by atoms with E-state index in [4.69, 9.17) is 0 Å². The molecule has 0 saturated heterocycles. The molecule has 0 spiro atoms. The van der Waals surface area contributed by atoms with Gasteiger partial charge in [0.15, 0.2) is 0 Å². The number of fused-ring (bicyclic) bond motifs is 9. The first kappa shape index (κ1) is 36.4. The molecule has 0 radical (unpaired) electrons. The third-order valence-corrected chi connectivity index (χ3v) is 14.0. The Hall–Kier alpha value is -7.42. The van der Waals surface area contributed by atoms with E-state index in [1.54, 1.807) is 0 Å². The van der Waals surface area contributed by atoms with E-state index in [9.17, 15) is 0 Å². The summed E-state index contributed by atoms with van der Waals surface area (Å²) in [5.74, 6) is 0. The van der Waals surface area contributed by atoms with Gasteiger partial charge in [-0.3, -0.25) is 0 Å². The summed E-state index contributed by atoms with van der Waals surface area (Å²) in [7, 11) is 0. The Labute approximate surface area is 364 Å². The Morgan fingerprint density at radius 2 is 0.677 bits per heavy atom. The predicted molar refractivity (Wildman–Crippen MR) is 261 cm³/mol. The second kappa shape index (κ2) is 13.5. The predicted octanol–water partition coefficient (Wildman–Crippen LogP) is 16.2. The maximum atomic E-state index is 2.41. The summed E-state index contributed by atoms with van der Waals surface area (Å²) in [4.78, 5) is 2.38. The van der Waals surface area contributed by atoms with Crippen molar-refractivity contribution in [2.75, 3.05) is 4.90 Å². The average molecular weight is 795 g/mol. The first-order chi connectivity index (χ1) is 30.3. The van der Waals surface area contributed by atoms with E-state index in [0.717, 1.165) is 22.7 Å². The van der Waals surface area contributed by atoms with E-state index in [0.29, 0.717) is 0 Å². The van der Waals surface area contributed by atoms with Crippen molar-refractivity contribution in [2.24, 2.45) is 0 Å². The third kappa shape index (κ3) is 5.43. The first-order valence-corrected chi connectivity index (χ1v) is 21.8. The molecule has 0 aliphatic heterocycles. The Bertz CT molecular complexity index is 3180. The van der Waals surface area contributed by atoms with Gasteiger partial charge in [0.25, 0.3) is 0 Å². The van der Waals surface area contributed by atoms with Gasteiger partial charge < -0.3 is 9.47 Å². The van der Waals surface area contributed by atoms with Crippen molar-refractivity contribution in [3.05, 3.63) is 229 Å². The lowest BCUT2D eigenvalue weighted by molar-refractivity contribution is 0.660. The highest BCUT2D eigenvalue weighted by atomic mass is 15.1. The lowest BCUT2D eigenvalue weighted by Crippen LogP contribution is -2.14. The Morgan fingerprint density at radius 3 is 1.13 bits per heavy atom. The molecule has 0 unspecified atom stereocenters. The molecule has 10 aromatic rings. The molecule has 12 rings (SSSR count). The number of hydrogen-bond donors (Lipinski definition) is 0. The number of nitrogens with zero attached hydrogens (tertiary/aromatic N) is 2. The van der Waals surface area contributed by atoms with E-state index < -0.39 is 0 Å². The molecule has 0 bridgehead atoms. The molecule has 0 saturated carbocycles. The molecular weight excluding hydrogens is 749 g/mol. The largest absolute Gasteiger partial charge is 0.311 e. The zero-order chi connectivity index (χ0) is 41.7. The molecule has 0 N–H and O–H groups in total. The van der Waals surface area contributed by atoms with Crippen molar-refractivity contribution in [2.45, 2.75) is 38.5 Å². The zero-order valence-corrected chi connectivity index (χ0v) is 35.5. The quantitative estimate of drug-likeness (QED) is 0.163. The van der Waals surface area contributed by atoms with Gasteiger partial charge in [-0.1, -0.05) is 161 Å². The van der Waals surface area contributed by atoms with Gasteiger partial charge >= 0.3 is 0 Å². The minimum Gasteiger partial charge on any atom is -0.311 e. The summed E-state index contributed by atoms with van der Waals surface area (Å²) >= 11 is 0. The van der Waals surface area contributed by atoms with Crippen LogP contribution in [-0.2, 0) is 10.8 Å². The van der Waals surface area contributed by atoms with Crippen LogP contribution in [0.1, 0.15) is 49.9 Å². The van der Waals surface area contributed by atoms with Crippen molar-refractivity contribution in [1.82, 2.24) is 4.57 Å². The van der Waals surface area contributed by atoms with E-state index in [-0.39, 0.29) is 10.8 Å². The third-order valence-electron chi connectivity index (χ3n) is 14.0. The highest BCUT2D eigenvalue weighted by molar-refractivity contribution is 6.09. The van der Waals surface area contributed by atoms with E-state index >= 15 is 0 Å². The molecule has 2 aliphatic carbocycles. The van der Waals surface area contributed by atoms with Gasteiger partial charge in [-0.15, -0.1) is 0 Å². The standard InChI is InChI=1S/C60H46N2/c1-59(2)53-17-9-5-13-47(53)49-35-25-41(37-55(49)59)39-21-27-43(28-22-39)61(45-31-33-46(34-32-45)62-57-19-11-7-15-51(57)52-16-8-12-20-58(52)62)44-29-23-40(24-30-44)42-26-36-50-48-14-6-10-18-54(48)60(3,4)56(50)38-42/h5-38H,1-4H3. The maximum absolute atomic E-state index is 2.41. The molecule has 1 heterocycles. The molecule has 0 amide bonds. The summed E-state index contributed by atoms with van der Waals surface area (Å²) in [6, 6.07) is 76.5. The molecule has 2 nitrogen and oxygen atoms in total. The fraction of sp³-hybridized carbons (Fsp3) is 0.100.